The van der Waals surface area contributed by atoms with Crippen LogP contribution in [0.25, 0.3) is 16.8 Å². The van der Waals surface area contributed by atoms with E-state index in [4.69, 9.17) is 0 Å². The average molecular weight is 416 g/mol. The van der Waals surface area contributed by atoms with E-state index in [0.717, 1.165) is 23.1 Å². The third-order valence-corrected chi connectivity index (χ3v) is 4.64. The van der Waals surface area contributed by atoms with Gasteiger partial charge in [0.15, 0.2) is 5.82 Å². The van der Waals surface area contributed by atoms with E-state index in [-0.39, 0.29) is 12.0 Å². The van der Waals surface area contributed by atoms with Gasteiger partial charge in [0.1, 0.15) is 0 Å². The lowest BCUT2D eigenvalue weighted by molar-refractivity contribution is -0.119. The fourth-order valence-electron chi connectivity index (χ4n) is 2.72. The van der Waals surface area contributed by atoms with Crippen molar-refractivity contribution in [2.75, 3.05) is 6.26 Å². The molecule has 29 heavy (non-hydrogen) atoms. The molecule has 1 N–H and O–H groups in total. The summed E-state index contributed by atoms with van der Waals surface area (Å²) in [4.78, 5) is 25.3. The molecule has 0 saturated heterocycles. The topological polar surface area (TPSA) is 129 Å². The molecule has 2 heterocycles. The van der Waals surface area contributed by atoms with Gasteiger partial charge < -0.3 is 4.57 Å². The second-order valence-corrected chi connectivity index (χ2v) is 8.27. The predicted molar refractivity (Wildman–Crippen MR) is 106 cm³/mol. The quantitative estimate of drug-likeness (QED) is 0.599. The van der Waals surface area contributed by atoms with Gasteiger partial charge in [0.05, 0.1) is 11.9 Å². The first-order chi connectivity index (χ1) is 13.7. The Hall–Kier alpha value is -3.34. The number of nitrogens with zero attached hydrogens (tertiary/aromatic N) is 5. The van der Waals surface area contributed by atoms with Crippen molar-refractivity contribution in [2.24, 2.45) is 0 Å². The molecule has 0 atom stereocenters. The van der Waals surface area contributed by atoms with E-state index < -0.39 is 15.9 Å². The van der Waals surface area contributed by atoms with Crippen LogP contribution < -0.4 is 10.3 Å². The van der Waals surface area contributed by atoms with Crippen molar-refractivity contribution in [2.45, 2.75) is 26.3 Å². The van der Waals surface area contributed by atoms with E-state index in [0.29, 0.717) is 18.8 Å². The largest absolute Gasteiger partial charge is 0.315 e. The Labute approximate surface area is 167 Å². The molecule has 0 aliphatic rings. The highest BCUT2D eigenvalue weighted by Gasteiger charge is 2.09. The molecular weight excluding hydrogens is 396 g/mol. The number of carbonyl (C=O) groups excluding carboxylic acids is 1. The standard InChI is InChI=1S/C18H20N6O4S/c1-13-19-22-24(20-13)16-7-5-14(6-8-16)15-9-11-23(18(26)12-15)10-3-4-17(25)21-29(2,27)28/h5-9,11-12H,3-4,10H2,1-2H3,(H,21,25). The lowest BCUT2D eigenvalue weighted by Gasteiger charge is -2.08. The summed E-state index contributed by atoms with van der Waals surface area (Å²) in [7, 11) is -3.56. The number of nitrogens with one attached hydrogen (secondary N) is 1. The third-order valence-electron chi connectivity index (χ3n) is 4.04. The maximum absolute atomic E-state index is 12.3. The molecule has 1 aromatic carbocycles. The van der Waals surface area contributed by atoms with Gasteiger partial charge in [-0.1, -0.05) is 12.1 Å². The van der Waals surface area contributed by atoms with Gasteiger partial charge in [0.2, 0.25) is 15.9 Å². The van der Waals surface area contributed by atoms with Crippen LogP contribution >= 0.6 is 0 Å². The number of tetrazole rings is 1. The molecule has 3 rings (SSSR count). The SMILES string of the molecule is Cc1nnn(-c2ccc(-c3ccn(CCCC(=O)NS(C)(=O)=O)c(=O)c3)cc2)n1. The Morgan fingerprint density at radius 3 is 2.45 bits per heavy atom. The van der Waals surface area contributed by atoms with Gasteiger partial charge in [-0.3, -0.25) is 14.3 Å². The van der Waals surface area contributed by atoms with Crippen molar-refractivity contribution in [3.05, 3.63) is 58.8 Å². The van der Waals surface area contributed by atoms with Crippen molar-refractivity contribution in [1.82, 2.24) is 29.5 Å². The van der Waals surface area contributed by atoms with E-state index >= 15 is 0 Å². The van der Waals surface area contributed by atoms with Crippen molar-refractivity contribution in [1.29, 1.82) is 0 Å². The second-order valence-electron chi connectivity index (χ2n) is 6.52. The Morgan fingerprint density at radius 1 is 1.14 bits per heavy atom. The van der Waals surface area contributed by atoms with E-state index in [1.54, 1.807) is 13.1 Å². The summed E-state index contributed by atoms with van der Waals surface area (Å²) in [5.74, 6) is -0.0131. The fourth-order valence-corrected chi connectivity index (χ4v) is 3.24. The minimum atomic E-state index is -3.56. The van der Waals surface area contributed by atoms with Gasteiger partial charge in [-0.25, -0.2) is 8.42 Å². The van der Waals surface area contributed by atoms with Crippen molar-refractivity contribution in [3.63, 3.8) is 0 Å². The number of amides is 1. The summed E-state index contributed by atoms with van der Waals surface area (Å²) in [6, 6.07) is 10.7. The fraction of sp³-hybridized carbons (Fsp3) is 0.278. The molecule has 3 aromatic rings. The summed E-state index contributed by atoms with van der Waals surface area (Å²) in [5.41, 5.74) is 2.18. The first kappa shape index (κ1) is 20.4. The van der Waals surface area contributed by atoms with Crippen LogP contribution in [0, 0.1) is 6.92 Å². The van der Waals surface area contributed by atoms with Crippen LogP contribution in [-0.4, -0.2) is 45.4 Å². The maximum atomic E-state index is 12.3. The Bertz CT molecular complexity index is 1180. The van der Waals surface area contributed by atoms with Crippen molar-refractivity contribution in [3.8, 4) is 16.8 Å². The molecule has 0 saturated carbocycles. The molecule has 2 aromatic heterocycles. The zero-order valence-corrected chi connectivity index (χ0v) is 16.8. The smallest absolute Gasteiger partial charge is 0.251 e. The molecule has 0 aliphatic carbocycles. The molecule has 0 aliphatic heterocycles. The number of pyridine rings is 1. The van der Waals surface area contributed by atoms with Crippen LogP contribution in [-0.2, 0) is 21.4 Å². The molecule has 0 unspecified atom stereocenters. The van der Waals surface area contributed by atoms with Gasteiger partial charge in [0, 0.05) is 25.2 Å². The third kappa shape index (κ3) is 5.57. The summed E-state index contributed by atoms with van der Waals surface area (Å²) in [6.45, 7) is 2.07. The molecule has 0 radical (unpaired) electrons. The molecular formula is C18H20N6O4S. The van der Waals surface area contributed by atoms with Gasteiger partial charge in [-0.05, 0) is 47.9 Å². The number of carbonyl (C=O) groups is 1. The van der Waals surface area contributed by atoms with E-state index in [2.05, 4.69) is 15.4 Å². The number of benzene rings is 1. The second kappa shape index (κ2) is 8.35. The molecule has 152 valence electrons. The molecule has 0 fully saturated rings. The summed E-state index contributed by atoms with van der Waals surface area (Å²) in [6.07, 6.45) is 2.94. The molecule has 1 amide bonds. The molecule has 0 spiro atoms. The highest BCUT2D eigenvalue weighted by atomic mass is 32.2. The maximum Gasteiger partial charge on any atom is 0.251 e. The molecule has 11 heteroatoms. The van der Waals surface area contributed by atoms with E-state index in [9.17, 15) is 18.0 Å². The van der Waals surface area contributed by atoms with Crippen LogP contribution in [0.1, 0.15) is 18.7 Å². The minimum Gasteiger partial charge on any atom is -0.315 e. The summed E-state index contributed by atoms with van der Waals surface area (Å²) in [5, 5.41) is 11.9. The first-order valence-corrected chi connectivity index (χ1v) is 10.7. The number of rotatable bonds is 7. The monoisotopic (exact) mass is 416 g/mol. The van der Waals surface area contributed by atoms with Gasteiger partial charge >= 0.3 is 0 Å². The number of sulfonamides is 1. The zero-order valence-electron chi connectivity index (χ0n) is 15.9. The predicted octanol–water partition coefficient (Wildman–Crippen LogP) is 0.655. The van der Waals surface area contributed by atoms with Crippen LogP contribution in [0.5, 0.6) is 0 Å². The highest BCUT2D eigenvalue weighted by Crippen LogP contribution is 2.19. The lowest BCUT2D eigenvalue weighted by atomic mass is 10.1. The zero-order chi connectivity index (χ0) is 21.0. The minimum absolute atomic E-state index is 0.0124. The van der Waals surface area contributed by atoms with Gasteiger partial charge in [-0.15, -0.1) is 15.0 Å². The van der Waals surface area contributed by atoms with Crippen molar-refractivity contribution >= 4 is 15.9 Å². The van der Waals surface area contributed by atoms with Crippen LogP contribution in [0.4, 0.5) is 0 Å². The number of aryl methyl sites for hydroxylation is 2. The summed E-state index contributed by atoms with van der Waals surface area (Å²) >= 11 is 0. The molecule has 10 nitrogen and oxygen atoms in total. The highest BCUT2D eigenvalue weighted by molar-refractivity contribution is 7.89. The molecule has 0 bridgehead atoms. The van der Waals surface area contributed by atoms with Crippen molar-refractivity contribution < 1.29 is 13.2 Å². The average Bonchev–Trinajstić information content (AvgIpc) is 3.08. The number of aromatic nitrogens is 5. The van der Waals surface area contributed by atoms with E-state index in [1.807, 2.05) is 35.1 Å². The number of hydrogen-bond acceptors (Lipinski definition) is 7. The Kier molecular flexibility index (Phi) is 5.87. The number of hydrogen-bond donors (Lipinski definition) is 1. The first-order valence-electron chi connectivity index (χ1n) is 8.80. The van der Waals surface area contributed by atoms with Crippen LogP contribution in [0.15, 0.2) is 47.4 Å². The summed E-state index contributed by atoms with van der Waals surface area (Å²) < 4.78 is 25.4. The van der Waals surface area contributed by atoms with E-state index in [1.165, 1.54) is 15.4 Å². The van der Waals surface area contributed by atoms with Crippen LogP contribution in [0.3, 0.4) is 0 Å². The lowest BCUT2D eigenvalue weighted by Crippen LogP contribution is -2.29. The normalized spacial score (nSPS) is 11.4. The van der Waals surface area contributed by atoms with Crippen LogP contribution in [0.2, 0.25) is 0 Å². The Balaban J connectivity index is 1.65. The van der Waals surface area contributed by atoms with Gasteiger partial charge in [-0.2, -0.15) is 0 Å². The van der Waals surface area contributed by atoms with Gasteiger partial charge in [0.25, 0.3) is 5.56 Å². The Morgan fingerprint density at radius 2 is 1.86 bits per heavy atom.